The minimum Gasteiger partial charge on any atom is -1.00 e. The van der Waals surface area contributed by atoms with Crippen LogP contribution in [0.5, 0.6) is 0 Å². The van der Waals surface area contributed by atoms with E-state index in [1.165, 1.54) is 0 Å². The van der Waals surface area contributed by atoms with Crippen molar-refractivity contribution in [2.75, 3.05) is 0 Å². The zero-order valence-corrected chi connectivity index (χ0v) is 13.9. The van der Waals surface area contributed by atoms with Crippen molar-refractivity contribution in [2.24, 2.45) is 5.92 Å². The molecule has 17 heavy (non-hydrogen) atoms. The summed E-state index contributed by atoms with van der Waals surface area (Å²) >= 11 is 0. The number of carbonyl (C=O) groups is 2. The van der Waals surface area contributed by atoms with Gasteiger partial charge in [0.15, 0.2) is 5.92 Å². The molecule has 4 nitrogen and oxygen atoms in total. The summed E-state index contributed by atoms with van der Waals surface area (Å²) < 4.78 is 0. The molecule has 0 radical (unpaired) electrons. The van der Waals surface area contributed by atoms with Crippen LogP contribution in [0.2, 0.25) is 0 Å². The topological polar surface area (TPSA) is 74.6 Å². The predicted molar refractivity (Wildman–Crippen MR) is 66.1 cm³/mol. The largest absolute Gasteiger partial charge is 2.00 e. The second-order valence-corrected chi connectivity index (χ2v) is 3.61. The van der Waals surface area contributed by atoms with Gasteiger partial charge >= 0.3 is 60.8 Å². The third kappa shape index (κ3) is 6.28. The standard InChI is InChI=1S/C12H14O4.Ba.2H/c13-11(14)10(12(15)16)8-4-7-9-5-2-1-3-6-9;;;/h1-3,5-6,10H,4,7-8H2,(H,13,14)(H,15,16);;;/q;+2;2*-1. The van der Waals surface area contributed by atoms with Crippen molar-refractivity contribution in [3.05, 3.63) is 35.9 Å². The Labute approximate surface area is 143 Å². The number of carboxylic acid groups (broad SMARTS) is 2. The van der Waals surface area contributed by atoms with Crippen molar-refractivity contribution in [3.63, 3.8) is 0 Å². The number of aryl methyl sites for hydroxylation is 1. The maximum atomic E-state index is 10.6. The Morgan fingerprint density at radius 1 is 1.12 bits per heavy atom. The molecule has 0 saturated heterocycles. The van der Waals surface area contributed by atoms with Gasteiger partial charge in [-0.1, -0.05) is 30.3 Å². The molecule has 0 heterocycles. The van der Waals surface area contributed by atoms with E-state index >= 15 is 0 Å². The van der Waals surface area contributed by atoms with E-state index in [9.17, 15) is 9.59 Å². The smallest absolute Gasteiger partial charge is 1.00 e. The Morgan fingerprint density at radius 2 is 1.65 bits per heavy atom. The van der Waals surface area contributed by atoms with Crippen LogP contribution in [0.3, 0.4) is 0 Å². The third-order valence-electron chi connectivity index (χ3n) is 2.40. The molecule has 0 aliphatic heterocycles. The Morgan fingerprint density at radius 3 is 2.12 bits per heavy atom. The first kappa shape index (κ1) is 16.7. The summed E-state index contributed by atoms with van der Waals surface area (Å²) in [6, 6.07) is 9.59. The molecule has 0 aliphatic rings. The molecular formula is C12H16BaO4. The molecule has 0 fully saturated rings. The first-order valence-corrected chi connectivity index (χ1v) is 5.11. The fourth-order valence-corrected chi connectivity index (χ4v) is 1.51. The quantitative estimate of drug-likeness (QED) is 0.597. The van der Waals surface area contributed by atoms with Crippen molar-refractivity contribution in [3.8, 4) is 0 Å². The Balaban J connectivity index is -0.000000853. The molecule has 5 heteroatoms. The van der Waals surface area contributed by atoms with Crippen LogP contribution in [0.25, 0.3) is 0 Å². The summed E-state index contributed by atoms with van der Waals surface area (Å²) in [5.74, 6) is -3.81. The number of aliphatic carboxylic acids is 2. The van der Waals surface area contributed by atoms with Crippen LogP contribution >= 0.6 is 0 Å². The molecule has 1 rings (SSSR count). The zero-order valence-electron chi connectivity index (χ0n) is 11.5. The van der Waals surface area contributed by atoms with Gasteiger partial charge in [0.2, 0.25) is 0 Å². The number of benzene rings is 1. The van der Waals surface area contributed by atoms with Gasteiger partial charge < -0.3 is 13.1 Å². The maximum Gasteiger partial charge on any atom is 2.00 e. The van der Waals surface area contributed by atoms with Crippen molar-refractivity contribution >= 4 is 60.8 Å². The SMILES string of the molecule is O=C(O)C(CCCc1ccccc1)C(=O)O.[Ba+2].[H-].[H-]. The van der Waals surface area contributed by atoms with Crippen LogP contribution in [-0.2, 0) is 16.0 Å². The van der Waals surface area contributed by atoms with Gasteiger partial charge in [-0.2, -0.15) is 0 Å². The van der Waals surface area contributed by atoms with E-state index in [2.05, 4.69) is 0 Å². The Kier molecular flexibility index (Phi) is 8.63. The van der Waals surface area contributed by atoms with Crippen LogP contribution in [0.1, 0.15) is 21.3 Å². The van der Waals surface area contributed by atoms with E-state index in [-0.39, 0.29) is 58.2 Å². The molecular weight excluding hydrogens is 345 g/mol. The summed E-state index contributed by atoms with van der Waals surface area (Å²) in [5, 5.41) is 17.3. The molecule has 0 aliphatic carbocycles. The van der Waals surface area contributed by atoms with Crippen LogP contribution in [-0.4, -0.2) is 71.0 Å². The van der Waals surface area contributed by atoms with E-state index < -0.39 is 17.9 Å². The molecule has 0 unspecified atom stereocenters. The van der Waals surface area contributed by atoms with Crippen molar-refractivity contribution in [1.82, 2.24) is 0 Å². The average Bonchev–Trinajstić information content (AvgIpc) is 2.24. The normalized spacial score (nSPS) is 9.71. The summed E-state index contributed by atoms with van der Waals surface area (Å²) in [4.78, 5) is 21.2. The first-order valence-electron chi connectivity index (χ1n) is 5.11. The van der Waals surface area contributed by atoms with E-state index in [4.69, 9.17) is 10.2 Å². The van der Waals surface area contributed by atoms with E-state index in [0.717, 1.165) is 5.56 Å². The van der Waals surface area contributed by atoms with Gasteiger partial charge in [0.05, 0.1) is 0 Å². The van der Waals surface area contributed by atoms with Crippen molar-refractivity contribution in [1.29, 1.82) is 0 Å². The number of rotatable bonds is 6. The maximum absolute atomic E-state index is 10.6. The summed E-state index contributed by atoms with van der Waals surface area (Å²) in [6.07, 6.45) is 1.44. The average molecular weight is 362 g/mol. The first-order chi connectivity index (χ1) is 7.61. The minimum atomic E-state index is -1.29. The van der Waals surface area contributed by atoms with Crippen molar-refractivity contribution in [2.45, 2.75) is 19.3 Å². The fourth-order valence-electron chi connectivity index (χ4n) is 1.51. The second kappa shape index (κ2) is 8.77. The third-order valence-corrected chi connectivity index (χ3v) is 2.40. The summed E-state index contributed by atoms with van der Waals surface area (Å²) in [6.45, 7) is 0. The van der Waals surface area contributed by atoms with Gasteiger partial charge in [-0.3, -0.25) is 9.59 Å². The van der Waals surface area contributed by atoms with E-state index in [1.807, 2.05) is 30.3 Å². The van der Waals surface area contributed by atoms with E-state index in [0.29, 0.717) is 12.8 Å². The zero-order chi connectivity index (χ0) is 12.0. The molecule has 1 aromatic carbocycles. The fraction of sp³-hybridized carbons (Fsp3) is 0.333. The van der Waals surface area contributed by atoms with Crippen LogP contribution in [0, 0.1) is 5.92 Å². The van der Waals surface area contributed by atoms with E-state index in [1.54, 1.807) is 0 Å². The summed E-state index contributed by atoms with van der Waals surface area (Å²) in [7, 11) is 0. The van der Waals surface area contributed by atoms with Gasteiger partial charge in [-0.05, 0) is 24.8 Å². The molecule has 0 atom stereocenters. The molecule has 0 amide bonds. The second-order valence-electron chi connectivity index (χ2n) is 3.61. The van der Waals surface area contributed by atoms with Gasteiger partial charge in [0.25, 0.3) is 0 Å². The van der Waals surface area contributed by atoms with Gasteiger partial charge in [0, 0.05) is 0 Å². The van der Waals surface area contributed by atoms with Crippen LogP contribution in [0.4, 0.5) is 0 Å². The van der Waals surface area contributed by atoms with Gasteiger partial charge in [-0.25, -0.2) is 0 Å². The Hall–Kier alpha value is -0.269. The molecule has 0 aromatic heterocycles. The minimum absolute atomic E-state index is 0. The molecule has 2 N–H and O–H groups in total. The van der Waals surface area contributed by atoms with Crippen molar-refractivity contribution < 1.29 is 22.7 Å². The van der Waals surface area contributed by atoms with Crippen LogP contribution < -0.4 is 0 Å². The molecule has 0 spiro atoms. The molecule has 1 aromatic rings. The number of carboxylic acids is 2. The van der Waals surface area contributed by atoms with Crippen LogP contribution in [0.15, 0.2) is 30.3 Å². The number of hydrogen-bond donors (Lipinski definition) is 2. The number of hydrogen-bond acceptors (Lipinski definition) is 2. The van der Waals surface area contributed by atoms with Gasteiger partial charge in [-0.15, -0.1) is 0 Å². The molecule has 0 saturated carbocycles. The van der Waals surface area contributed by atoms with Gasteiger partial charge in [0.1, 0.15) is 0 Å². The summed E-state index contributed by atoms with van der Waals surface area (Å²) in [5.41, 5.74) is 1.09. The monoisotopic (exact) mass is 362 g/mol. The molecule has 0 bridgehead atoms. The predicted octanol–water partition coefficient (Wildman–Crippen LogP) is 1.64. The Bertz CT molecular complexity index is 359. The molecule has 90 valence electrons.